The molecule has 0 unspecified atom stereocenters. The fourth-order valence-corrected chi connectivity index (χ4v) is 2.40. The first kappa shape index (κ1) is 15.4. The molecule has 1 N–H and O–H groups in total. The standard InChI is InChI=1S/C14H19ClN2S/c1-18-8-4-2-3-7-17-11-13-6-5-12(10-16)9-14(13)15/h5-6,9,17H,2-4,7-8,11H2,1H3. The second kappa shape index (κ2) is 9.27. The van der Waals surface area contributed by atoms with Gasteiger partial charge in [-0.1, -0.05) is 24.1 Å². The Bertz CT molecular complexity index is 401. The van der Waals surface area contributed by atoms with Crippen molar-refractivity contribution >= 4 is 23.4 Å². The van der Waals surface area contributed by atoms with Crippen molar-refractivity contribution in [3.05, 3.63) is 34.3 Å². The summed E-state index contributed by atoms with van der Waals surface area (Å²) < 4.78 is 0. The molecule has 0 radical (unpaired) electrons. The molecule has 18 heavy (non-hydrogen) atoms. The van der Waals surface area contributed by atoms with Crippen LogP contribution < -0.4 is 5.32 Å². The number of hydrogen-bond acceptors (Lipinski definition) is 3. The second-order valence-electron chi connectivity index (χ2n) is 4.15. The fourth-order valence-electron chi connectivity index (χ4n) is 1.66. The number of benzene rings is 1. The average Bonchev–Trinajstić information content (AvgIpc) is 2.39. The minimum atomic E-state index is 0.612. The molecule has 1 rings (SSSR count). The SMILES string of the molecule is CSCCCCCNCc1ccc(C#N)cc1Cl. The molecule has 4 heteroatoms. The van der Waals surface area contributed by atoms with Gasteiger partial charge in [-0.3, -0.25) is 0 Å². The Morgan fingerprint density at radius 1 is 1.33 bits per heavy atom. The van der Waals surface area contributed by atoms with E-state index in [4.69, 9.17) is 16.9 Å². The molecule has 0 amide bonds. The summed E-state index contributed by atoms with van der Waals surface area (Å²) in [6.45, 7) is 1.79. The maximum atomic E-state index is 8.74. The summed E-state index contributed by atoms with van der Waals surface area (Å²) in [7, 11) is 0. The highest BCUT2D eigenvalue weighted by Crippen LogP contribution is 2.17. The molecule has 0 saturated carbocycles. The maximum Gasteiger partial charge on any atom is 0.0992 e. The van der Waals surface area contributed by atoms with Crippen molar-refractivity contribution in [3.63, 3.8) is 0 Å². The van der Waals surface area contributed by atoms with E-state index in [1.54, 1.807) is 12.1 Å². The van der Waals surface area contributed by atoms with Crippen molar-refractivity contribution in [2.24, 2.45) is 0 Å². The van der Waals surface area contributed by atoms with E-state index in [2.05, 4.69) is 17.6 Å². The van der Waals surface area contributed by atoms with Crippen LogP contribution in [-0.2, 0) is 6.54 Å². The fraction of sp³-hybridized carbons (Fsp3) is 0.500. The number of halogens is 1. The van der Waals surface area contributed by atoms with Gasteiger partial charge in [-0.2, -0.15) is 17.0 Å². The monoisotopic (exact) mass is 282 g/mol. The van der Waals surface area contributed by atoms with Crippen LogP contribution in [0.5, 0.6) is 0 Å². The molecule has 0 aliphatic carbocycles. The van der Waals surface area contributed by atoms with Gasteiger partial charge in [0, 0.05) is 11.6 Å². The van der Waals surface area contributed by atoms with Crippen molar-refractivity contribution in [2.75, 3.05) is 18.6 Å². The summed E-state index contributed by atoms with van der Waals surface area (Å²) in [4.78, 5) is 0. The number of thioether (sulfide) groups is 1. The van der Waals surface area contributed by atoms with E-state index in [0.29, 0.717) is 10.6 Å². The largest absolute Gasteiger partial charge is 0.313 e. The molecule has 2 nitrogen and oxygen atoms in total. The van der Waals surface area contributed by atoms with Gasteiger partial charge in [0.25, 0.3) is 0 Å². The lowest BCUT2D eigenvalue weighted by atomic mass is 10.1. The lowest BCUT2D eigenvalue weighted by Crippen LogP contribution is -2.15. The van der Waals surface area contributed by atoms with Gasteiger partial charge in [-0.25, -0.2) is 0 Å². The molecule has 0 spiro atoms. The molecule has 0 bridgehead atoms. The van der Waals surface area contributed by atoms with E-state index < -0.39 is 0 Å². The number of hydrogen-bond donors (Lipinski definition) is 1. The van der Waals surface area contributed by atoms with Crippen LogP contribution in [0.25, 0.3) is 0 Å². The molecule has 98 valence electrons. The van der Waals surface area contributed by atoms with Crippen LogP contribution in [0.1, 0.15) is 30.4 Å². The number of unbranched alkanes of at least 4 members (excludes halogenated alkanes) is 2. The zero-order valence-corrected chi connectivity index (χ0v) is 12.3. The Hall–Kier alpha value is -0.690. The predicted molar refractivity (Wildman–Crippen MR) is 80.1 cm³/mol. The van der Waals surface area contributed by atoms with Crippen molar-refractivity contribution in [1.29, 1.82) is 5.26 Å². The number of rotatable bonds is 8. The Balaban J connectivity index is 2.21. The third-order valence-electron chi connectivity index (χ3n) is 2.70. The van der Waals surface area contributed by atoms with Crippen molar-refractivity contribution in [3.8, 4) is 6.07 Å². The molecule has 0 fully saturated rings. The summed E-state index contributed by atoms with van der Waals surface area (Å²) in [5, 5.41) is 12.8. The molecule has 0 aliphatic heterocycles. The van der Waals surface area contributed by atoms with Crippen molar-refractivity contribution in [2.45, 2.75) is 25.8 Å². The lowest BCUT2D eigenvalue weighted by molar-refractivity contribution is 0.619. The highest BCUT2D eigenvalue weighted by atomic mass is 35.5. The van der Waals surface area contributed by atoms with Crippen LogP contribution in [0.15, 0.2) is 18.2 Å². The van der Waals surface area contributed by atoms with Gasteiger partial charge in [0.15, 0.2) is 0 Å². The minimum absolute atomic E-state index is 0.612. The van der Waals surface area contributed by atoms with E-state index in [-0.39, 0.29) is 0 Å². The van der Waals surface area contributed by atoms with E-state index in [1.165, 1.54) is 25.0 Å². The normalized spacial score (nSPS) is 10.3. The van der Waals surface area contributed by atoms with Crippen LogP contribution in [0.4, 0.5) is 0 Å². The van der Waals surface area contributed by atoms with Gasteiger partial charge in [0.2, 0.25) is 0 Å². The molecule has 1 aromatic carbocycles. The van der Waals surface area contributed by atoms with Gasteiger partial charge in [-0.05, 0) is 49.1 Å². The number of nitrogens with one attached hydrogen (secondary N) is 1. The molecule has 0 aliphatic rings. The zero-order chi connectivity index (χ0) is 13.2. The van der Waals surface area contributed by atoms with Gasteiger partial charge in [0.1, 0.15) is 0 Å². The molecule has 0 heterocycles. The van der Waals surface area contributed by atoms with Crippen LogP contribution in [0.3, 0.4) is 0 Å². The van der Waals surface area contributed by atoms with Gasteiger partial charge in [0.05, 0.1) is 11.6 Å². The quantitative estimate of drug-likeness (QED) is 0.736. The average molecular weight is 283 g/mol. The van der Waals surface area contributed by atoms with Crippen molar-refractivity contribution < 1.29 is 0 Å². The van der Waals surface area contributed by atoms with Gasteiger partial charge >= 0.3 is 0 Å². The van der Waals surface area contributed by atoms with E-state index >= 15 is 0 Å². The van der Waals surface area contributed by atoms with E-state index in [0.717, 1.165) is 18.7 Å². The third kappa shape index (κ3) is 5.77. The topological polar surface area (TPSA) is 35.8 Å². The van der Waals surface area contributed by atoms with Crippen LogP contribution in [0.2, 0.25) is 5.02 Å². The summed E-state index contributed by atoms with van der Waals surface area (Å²) in [6.07, 6.45) is 5.91. The van der Waals surface area contributed by atoms with Crippen LogP contribution in [0, 0.1) is 11.3 Å². The summed E-state index contributed by atoms with van der Waals surface area (Å²) in [5.41, 5.74) is 1.67. The summed E-state index contributed by atoms with van der Waals surface area (Å²) in [6, 6.07) is 7.53. The molecule has 0 aromatic heterocycles. The lowest BCUT2D eigenvalue weighted by Gasteiger charge is -2.07. The third-order valence-corrected chi connectivity index (χ3v) is 3.75. The van der Waals surface area contributed by atoms with Crippen LogP contribution >= 0.6 is 23.4 Å². The van der Waals surface area contributed by atoms with Gasteiger partial charge < -0.3 is 5.32 Å². The van der Waals surface area contributed by atoms with E-state index in [9.17, 15) is 0 Å². The van der Waals surface area contributed by atoms with Crippen LogP contribution in [-0.4, -0.2) is 18.6 Å². The molecule has 0 saturated heterocycles. The van der Waals surface area contributed by atoms with E-state index in [1.807, 2.05) is 17.8 Å². The summed E-state index contributed by atoms with van der Waals surface area (Å²) >= 11 is 8.00. The second-order valence-corrected chi connectivity index (χ2v) is 5.54. The minimum Gasteiger partial charge on any atom is -0.313 e. The molecule has 1 aromatic rings. The predicted octanol–water partition coefficient (Wildman–Crippen LogP) is 3.83. The first-order valence-corrected chi connectivity index (χ1v) is 7.93. The Morgan fingerprint density at radius 3 is 2.83 bits per heavy atom. The highest BCUT2D eigenvalue weighted by Gasteiger charge is 2.01. The smallest absolute Gasteiger partial charge is 0.0992 e. The first-order valence-electron chi connectivity index (χ1n) is 6.16. The Labute approximate surface area is 119 Å². The molecule has 0 atom stereocenters. The highest BCUT2D eigenvalue weighted by molar-refractivity contribution is 7.98. The number of nitrogens with zero attached hydrogens (tertiary/aromatic N) is 1. The zero-order valence-electron chi connectivity index (χ0n) is 10.7. The Morgan fingerprint density at radius 2 is 2.17 bits per heavy atom. The van der Waals surface area contributed by atoms with Gasteiger partial charge in [-0.15, -0.1) is 0 Å². The molecular formula is C14H19ClN2S. The number of nitriles is 1. The summed E-state index contributed by atoms with van der Waals surface area (Å²) in [5.74, 6) is 1.25. The van der Waals surface area contributed by atoms with Crippen molar-refractivity contribution in [1.82, 2.24) is 5.32 Å². The molecular weight excluding hydrogens is 264 g/mol. The Kier molecular flexibility index (Phi) is 7.91. The maximum absolute atomic E-state index is 8.74. The first-order chi connectivity index (χ1) is 8.77.